The first-order chi connectivity index (χ1) is 15.7. The van der Waals surface area contributed by atoms with Gasteiger partial charge in [-0.25, -0.2) is 4.98 Å². The van der Waals surface area contributed by atoms with Crippen LogP contribution in [-0.4, -0.2) is 34.8 Å². The van der Waals surface area contributed by atoms with E-state index < -0.39 is 11.7 Å². The number of amides is 2. The second kappa shape index (κ2) is 9.09. The Morgan fingerprint density at radius 3 is 2.52 bits per heavy atom. The summed E-state index contributed by atoms with van der Waals surface area (Å²) in [5.41, 5.74) is 0.448. The molecule has 1 aliphatic rings. The number of pyridine rings is 1. The van der Waals surface area contributed by atoms with Crippen molar-refractivity contribution in [2.45, 2.75) is 25.9 Å². The first kappa shape index (κ1) is 22.6. The van der Waals surface area contributed by atoms with E-state index >= 15 is 0 Å². The summed E-state index contributed by atoms with van der Waals surface area (Å²) in [5.74, 6) is -0.00899. The largest absolute Gasteiger partial charge is 0.451 e. The lowest BCUT2D eigenvalue weighted by atomic mass is 9.95. The highest BCUT2D eigenvalue weighted by atomic mass is 19.4. The number of hydrogen-bond acceptors (Lipinski definition) is 4. The third kappa shape index (κ3) is 5.24. The maximum Gasteiger partial charge on any atom is 0.416 e. The number of furan rings is 1. The zero-order valence-electron chi connectivity index (χ0n) is 17.9. The predicted octanol–water partition coefficient (Wildman–Crippen LogP) is 5.16. The van der Waals surface area contributed by atoms with Gasteiger partial charge in [0.2, 0.25) is 5.91 Å². The first-order valence-corrected chi connectivity index (χ1v) is 10.5. The van der Waals surface area contributed by atoms with Gasteiger partial charge in [0, 0.05) is 30.8 Å². The highest BCUT2D eigenvalue weighted by Gasteiger charge is 2.31. The summed E-state index contributed by atoms with van der Waals surface area (Å²) in [6, 6.07) is 11.3. The fraction of sp³-hybridized carbons (Fsp3) is 0.292. The summed E-state index contributed by atoms with van der Waals surface area (Å²) < 4.78 is 44.5. The molecule has 0 atom stereocenters. The van der Waals surface area contributed by atoms with Gasteiger partial charge in [0.25, 0.3) is 5.91 Å². The number of aromatic nitrogens is 1. The summed E-state index contributed by atoms with van der Waals surface area (Å²) in [5, 5.41) is 2.80. The van der Waals surface area contributed by atoms with Crippen molar-refractivity contribution in [3.63, 3.8) is 0 Å². The van der Waals surface area contributed by atoms with E-state index in [2.05, 4.69) is 10.3 Å². The van der Waals surface area contributed by atoms with Crippen LogP contribution in [0.15, 0.2) is 59.1 Å². The Kier molecular flexibility index (Phi) is 6.22. The van der Waals surface area contributed by atoms with Gasteiger partial charge >= 0.3 is 6.18 Å². The number of aryl methyl sites for hydroxylation is 1. The van der Waals surface area contributed by atoms with Crippen LogP contribution in [0.2, 0.25) is 0 Å². The molecule has 6 nitrogen and oxygen atoms in total. The summed E-state index contributed by atoms with van der Waals surface area (Å²) in [4.78, 5) is 31.1. The van der Waals surface area contributed by atoms with E-state index in [1.165, 1.54) is 24.3 Å². The van der Waals surface area contributed by atoms with Crippen molar-refractivity contribution in [2.24, 2.45) is 5.92 Å². The number of halogens is 3. The Morgan fingerprint density at radius 1 is 1.09 bits per heavy atom. The Hall–Kier alpha value is -3.62. The van der Waals surface area contributed by atoms with Gasteiger partial charge in [0.05, 0.1) is 5.56 Å². The molecule has 0 radical (unpaired) electrons. The number of rotatable bonds is 4. The van der Waals surface area contributed by atoms with E-state index in [1.54, 1.807) is 17.2 Å². The third-order valence-electron chi connectivity index (χ3n) is 5.61. The van der Waals surface area contributed by atoms with Crippen LogP contribution in [0.3, 0.4) is 0 Å². The average Bonchev–Trinajstić information content (AvgIpc) is 3.30. The van der Waals surface area contributed by atoms with E-state index in [9.17, 15) is 22.8 Å². The average molecular weight is 457 g/mol. The number of nitrogens with zero attached hydrogens (tertiary/aromatic N) is 2. The number of likely N-dealkylation sites (tertiary alicyclic amines) is 1. The molecule has 4 rings (SSSR count). The maximum atomic E-state index is 13.0. The summed E-state index contributed by atoms with van der Waals surface area (Å²) in [7, 11) is 0. The van der Waals surface area contributed by atoms with Gasteiger partial charge in [-0.2, -0.15) is 13.2 Å². The number of hydrogen-bond donors (Lipinski definition) is 1. The lowest BCUT2D eigenvalue weighted by Crippen LogP contribution is -2.41. The van der Waals surface area contributed by atoms with E-state index in [-0.39, 0.29) is 34.8 Å². The van der Waals surface area contributed by atoms with Gasteiger partial charge in [0.15, 0.2) is 5.76 Å². The van der Waals surface area contributed by atoms with Gasteiger partial charge in [-0.3, -0.25) is 9.59 Å². The molecule has 1 saturated heterocycles. The minimum atomic E-state index is -4.46. The van der Waals surface area contributed by atoms with Crippen LogP contribution < -0.4 is 5.32 Å². The highest BCUT2D eigenvalue weighted by molar-refractivity contribution is 5.93. The molecule has 2 aromatic heterocycles. The maximum absolute atomic E-state index is 13.0. The van der Waals surface area contributed by atoms with Crippen LogP contribution in [0.4, 0.5) is 19.0 Å². The van der Waals surface area contributed by atoms with Gasteiger partial charge in [-0.15, -0.1) is 0 Å². The molecule has 3 heterocycles. The lowest BCUT2D eigenvalue weighted by Gasteiger charge is -2.30. The normalized spacial score (nSPS) is 14.8. The van der Waals surface area contributed by atoms with Crippen LogP contribution in [0, 0.1) is 12.8 Å². The molecule has 172 valence electrons. The Labute approximate surface area is 188 Å². The van der Waals surface area contributed by atoms with Gasteiger partial charge < -0.3 is 14.6 Å². The molecule has 9 heteroatoms. The molecule has 0 aliphatic carbocycles. The van der Waals surface area contributed by atoms with Crippen molar-refractivity contribution in [1.29, 1.82) is 0 Å². The SMILES string of the molecule is Cc1ccc(NC(=O)C2CCN(C(=O)c3ccc(-c4cccc(C(F)(F)F)c4)o3)CC2)nc1. The second-order valence-corrected chi connectivity index (χ2v) is 8.02. The molecule has 1 fully saturated rings. The number of piperidine rings is 1. The molecule has 0 unspecified atom stereocenters. The fourth-order valence-electron chi connectivity index (χ4n) is 3.73. The second-order valence-electron chi connectivity index (χ2n) is 8.02. The number of anilines is 1. The van der Waals surface area contributed by atoms with Crippen LogP contribution in [0.25, 0.3) is 11.3 Å². The third-order valence-corrected chi connectivity index (χ3v) is 5.61. The standard InChI is InChI=1S/C24H22F3N3O3/c1-15-5-8-21(28-14-15)29-22(31)16-9-11-30(12-10-16)23(32)20-7-6-19(33-20)17-3-2-4-18(13-17)24(25,26)27/h2-8,13-14,16H,9-12H2,1H3,(H,28,29,31). The number of carbonyl (C=O) groups excluding carboxylic acids is 2. The molecule has 2 amide bonds. The number of alkyl halides is 3. The zero-order chi connectivity index (χ0) is 23.6. The Bertz CT molecular complexity index is 1150. The van der Waals surface area contributed by atoms with Crippen molar-refractivity contribution in [3.05, 3.63) is 71.6 Å². The molecule has 0 saturated carbocycles. The fourth-order valence-corrected chi connectivity index (χ4v) is 3.73. The summed E-state index contributed by atoms with van der Waals surface area (Å²) in [6.07, 6.45) is -1.81. The van der Waals surface area contributed by atoms with Gasteiger partial charge in [0.1, 0.15) is 11.6 Å². The Morgan fingerprint density at radius 2 is 1.85 bits per heavy atom. The molecule has 3 aromatic rings. The van der Waals surface area contributed by atoms with E-state index in [0.29, 0.717) is 31.7 Å². The molecule has 1 N–H and O–H groups in total. The van der Waals surface area contributed by atoms with Gasteiger partial charge in [-0.05, 0) is 55.7 Å². The first-order valence-electron chi connectivity index (χ1n) is 10.5. The van der Waals surface area contributed by atoms with Crippen LogP contribution >= 0.6 is 0 Å². The number of benzene rings is 1. The molecular weight excluding hydrogens is 435 g/mol. The molecule has 0 spiro atoms. The van der Waals surface area contributed by atoms with E-state index in [1.807, 2.05) is 13.0 Å². The summed E-state index contributed by atoms with van der Waals surface area (Å²) >= 11 is 0. The van der Waals surface area contributed by atoms with Crippen molar-refractivity contribution >= 4 is 17.6 Å². The van der Waals surface area contributed by atoms with Crippen LogP contribution in [0.5, 0.6) is 0 Å². The molecule has 33 heavy (non-hydrogen) atoms. The molecule has 1 aliphatic heterocycles. The predicted molar refractivity (Wildman–Crippen MR) is 115 cm³/mol. The molecule has 0 bridgehead atoms. The van der Waals surface area contributed by atoms with E-state index in [0.717, 1.165) is 17.7 Å². The van der Waals surface area contributed by atoms with Gasteiger partial charge in [-0.1, -0.05) is 18.2 Å². The van der Waals surface area contributed by atoms with Crippen molar-refractivity contribution in [3.8, 4) is 11.3 Å². The topological polar surface area (TPSA) is 75.4 Å². The van der Waals surface area contributed by atoms with Crippen molar-refractivity contribution < 1.29 is 27.2 Å². The van der Waals surface area contributed by atoms with E-state index in [4.69, 9.17) is 4.42 Å². The molecular formula is C24H22F3N3O3. The minimum Gasteiger partial charge on any atom is -0.451 e. The lowest BCUT2D eigenvalue weighted by molar-refractivity contribution is -0.137. The van der Waals surface area contributed by atoms with Crippen LogP contribution in [0.1, 0.15) is 34.5 Å². The minimum absolute atomic E-state index is 0.0502. The smallest absolute Gasteiger partial charge is 0.416 e. The quantitative estimate of drug-likeness (QED) is 0.587. The molecule has 1 aromatic carbocycles. The van der Waals surface area contributed by atoms with Crippen molar-refractivity contribution in [1.82, 2.24) is 9.88 Å². The number of carbonyl (C=O) groups is 2. The monoisotopic (exact) mass is 457 g/mol. The highest BCUT2D eigenvalue weighted by Crippen LogP contribution is 2.33. The van der Waals surface area contributed by atoms with Crippen molar-refractivity contribution in [2.75, 3.05) is 18.4 Å². The Balaban J connectivity index is 1.36. The number of nitrogens with one attached hydrogen (secondary N) is 1. The zero-order valence-corrected chi connectivity index (χ0v) is 17.9. The summed E-state index contributed by atoms with van der Waals surface area (Å²) in [6.45, 7) is 2.66. The van der Waals surface area contributed by atoms with Crippen LogP contribution in [-0.2, 0) is 11.0 Å².